The Bertz CT molecular complexity index is 1350. The van der Waals surface area contributed by atoms with Crippen LogP contribution in [0.15, 0.2) is 97.1 Å². The van der Waals surface area contributed by atoms with Crippen molar-refractivity contribution >= 4 is 34.5 Å². The van der Waals surface area contributed by atoms with Crippen molar-refractivity contribution in [3.63, 3.8) is 0 Å². The lowest BCUT2D eigenvalue weighted by Gasteiger charge is -2.31. The van der Waals surface area contributed by atoms with Crippen molar-refractivity contribution < 1.29 is 28.6 Å². The van der Waals surface area contributed by atoms with Gasteiger partial charge in [0.15, 0.2) is 0 Å². The summed E-state index contributed by atoms with van der Waals surface area (Å²) in [5.74, 6) is 2.37. The maximum Gasteiger partial charge on any atom is 0.319 e. The van der Waals surface area contributed by atoms with Crippen LogP contribution in [-0.4, -0.2) is 30.0 Å². The van der Waals surface area contributed by atoms with E-state index in [1.165, 1.54) is 0 Å². The van der Waals surface area contributed by atoms with Crippen molar-refractivity contribution in [1.82, 2.24) is 0 Å². The SMILES string of the molecule is CC(Br)C(=O)OCCCC(C)(c1ccc(Oc2ccc(C=O)cc2)cc1)c1ccc(Oc2ccc(C=O)cc2)cc1. The zero-order chi connectivity index (χ0) is 29.2. The number of esters is 1. The number of halogens is 1. The Morgan fingerprint density at radius 3 is 1.41 bits per heavy atom. The van der Waals surface area contributed by atoms with E-state index in [2.05, 4.69) is 22.9 Å². The van der Waals surface area contributed by atoms with Gasteiger partial charge in [0, 0.05) is 16.5 Å². The first-order chi connectivity index (χ1) is 19.8. The number of aldehydes is 2. The quantitative estimate of drug-likeness (QED) is 0.0652. The first-order valence-electron chi connectivity index (χ1n) is 13.3. The summed E-state index contributed by atoms with van der Waals surface area (Å²) in [4.78, 5) is 33.4. The van der Waals surface area contributed by atoms with Gasteiger partial charge in [-0.05, 0) is 104 Å². The standard InChI is InChI=1S/C34H31BrO6/c1-24(35)33(38)39-21-3-20-34(2,27-8-16-31(17-9-27)40-29-12-4-25(22-36)5-13-29)28-10-18-32(19-11-28)41-30-14-6-26(23-37)7-15-30/h4-19,22-24H,3,20-21H2,1-2H3. The van der Waals surface area contributed by atoms with Gasteiger partial charge in [-0.25, -0.2) is 0 Å². The lowest BCUT2D eigenvalue weighted by atomic mass is 9.73. The summed E-state index contributed by atoms with van der Waals surface area (Å²) >= 11 is 3.25. The topological polar surface area (TPSA) is 78.9 Å². The molecule has 0 radical (unpaired) electrons. The van der Waals surface area contributed by atoms with Crippen LogP contribution < -0.4 is 9.47 Å². The van der Waals surface area contributed by atoms with Crippen molar-refractivity contribution in [3.05, 3.63) is 119 Å². The fourth-order valence-electron chi connectivity index (χ4n) is 4.45. The minimum absolute atomic E-state index is 0.281. The maximum absolute atomic E-state index is 11.9. The third-order valence-electron chi connectivity index (χ3n) is 6.88. The van der Waals surface area contributed by atoms with E-state index in [4.69, 9.17) is 14.2 Å². The molecule has 1 atom stereocenters. The van der Waals surface area contributed by atoms with Gasteiger partial charge in [-0.3, -0.25) is 14.4 Å². The molecule has 0 saturated carbocycles. The highest BCUT2D eigenvalue weighted by molar-refractivity contribution is 9.10. The highest BCUT2D eigenvalue weighted by Crippen LogP contribution is 2.38. The van der Waals surface area contributed by atoms with Gasteiger partial charge in [0.25, 0.3) is 0 Å². The highest BCUT2D eigenvalue weighted by atomic mass is 79.9. The van der Waals surface area contributed by atoms with E-state index in [9.17, 15) is 14.4 Å². The minimum Gasteiger partial charge on any atom is -0.465 e. The number of ether oxygens (including phenoxy) is 3. The summed E-state index contributed by atoms with van der Waals surface area (Å²) in [6.07, 6.45) is 3.00. The third-order valence-corrected chi connectivity index (χ3v) is 7.25. The lowest BCUT2D eigenvalue weighted by molar-refractivity contribution is -0.142. The van der Waals surface area contributed by atoms with Crippen LogP contribution in [0.25, 0.3) is 0 Å². The number of benzene rings is 4. The zero-order valence-corrected chi connectivity index (χ0v) is 24.5. The number of hydrogen-bond donors (Lipinski definition) is 0. The van der Waals surface area contributed by atoms with Crippen molar-refractivity contribution in [1.29, 1.82) is 0 Å². The van der Waals surface area contributed by atoms with Crippen LogP contribution in [0, 0.1) is 0 Å². The minimum atomic E-state index is -0.388. The molecule has 0 spiro atoms. The number of alkyl halides is 1. The Morgan fingerprint density at radius 2 is 1.07 bits per heavy atom. The Balaban J connectivity index is 1.53. The molecule has 210 valence electrons. The van der Waals surface area contributed by atoms with Gasteiger partial charge >= 0.3 is 5.97 Å². The number of carbonyl (C=O) groups is 3. The van der Waals surface area contributed by atoms with Gasteiger partial charge in [-0.2, -0.15) is 0 Å². The molecule has 0 bridgehead atoms. The van der Waals surface area contributed by atoms with Crippen molar-refractivity contribution in [3.8, 4) is 23.0 Å². The largest absolute Gasteiger partial charge is 0.465 e. The fourth-order valence-corrected chi connectivity index (χ4v) is 4.58. The molecule has 0 aliphatic heterocycles. The van der Waals surface area contributed by atoms with E-state index >= 15 is 0 Å². The second-order valence-electron chi connectivity index (χ2n) is 9.85. The molecule has 4 rings (SSSR count). The second-order valence-corrected chi connectivity index (χ2v) is 11.2. The van der Waals surface area contributed by atoms with Crippen LogP contribution in [-0.2, 0) is 14.9 Å². The number of hydrogen-bond acceptors (Lipinski definition) is 6. The van der Waals surface area contributed by atoms with Crippen LogP contribution >= 0.6 is 15.9 Å². The van der Waals surface area contributed by atoms with Gasteiger partial charge in [-0.15, -0.1) is 0 Å². The molecule has 0 heterocycles. The fraction of sp³-hybridized carbons (Fsp3) is 0.206. The van der Waals surface area contributed by atoms with Gasteiger partial charge in [-0.1, -0.05) is 47.1 Å². The Hall–Kier alpha value is -4.23. The van der Waals surface area contributed by atoms with E-state index < -0.39 is 0 Å². The molecular weight excluding hydrogens is 584 g/mol. The summed E-state index contributed by atoms with van der Waals surface area (Å²) in [7, 11) is 0. The monoisotopic (exact) mass is 614 g/mol. The Labute approximate surface area is 248 Å². The number of rotatable bonds is 13. The molecule has 0 aromatic heterocycles. The van der Waals surface area contributed by atoms with Crippen LogP contribution in [0.4, 0.5) is 0 Å². The second kappa shape index (κ2) is 13.9. The van der Waals surface area contributed by atoms with Crippen LogP contribution in [0.3, 0.4) is 0 Å². The van der Waals surface area contributed by atoms with E-state index in [-0.39, 0.29) is 16.2 Å². The Kier molecular flexibility index (Phi) is 10.1. The smallest absolute Gasteiger partial charge is 0.319 e. The molecule has 0 aliphatic rings. The lowest BCUT2D eigenvalue weighted by Crippen LogP contribution is -2.25. The van der Waals surface area contributed by atoms with Crippen molar-refractivity contribution in [2.75, 3.05) is 6.61 Å². The molecule has 0 aliphatic carbocycles. The van der Waals surface area contributed by atoms with Gasteiger partial charge in [0.1, 0.15) is 40.4 Å². The molecule has 7 heteroatoms. The average molecular weight is 616 g/mol. The van der Waals surface area contributed by atoms with Crippen LogP contribution in [0.1, 0.15) is 58.5 Å². The van der Waals surface area contributed by atoms with Gasteiger partial charge < -0.3 is 14.2 Å². The normalized spacial score (nSPS) is 11.8. The molecule has 0 fully saturated rings. The summed E-state index contributed by atoms with van der Waals surface area (Å²) in [5.41, 5.74) is 2.96. The van der Waals surface area contributed by atoms with Crippen molar-refractivity contribution in [2.24, 2.45) is 0 Å². The molecule has 0 N–H and O–H groups in total. The molecule has 41 heavy (non-hydrogen) atoms. The van der Waals surface area contributed by atoms with Gasteiger partial charge in [0.05, 0.1) is 6.61 Å². The van der Waals surface area contributed by atoms with E-state index in [1.807, 2.05) is 48.5 Å². The van der Waals surface area contributed by atoms with E-state index in [0.29, 0.717) is 47.2 Å². The predicted molar refractivity (Wildman–Crippen MR) is 162 cm³/mol. The van der Waals surface area contributed by atoms with Crippen LogP contribution in [0.5, 0.6) is 23.0 Å². The molecule has 0 amide bonds. The highest BCUT2D eigenvalue weighted by Gasteiger charge is 2.29. The van der Waals surface area contributed by atoms with E-state index in [1.54, 1.807) is 55.5 Å². The average Bonchev–Trinajstić information content (AvgIpc) is 3.00. The summed E-state index contributed by atoms with van der Waals surface area (Å²) in [6.45, 7) is 4.23. The van der Waals surface area contributed by atoms with E-state index in [0.717, 1.165) is 30.1 Å². The predicted octanol–water partition coefficient (Wildman–Crippen LogP) is 8.31. The van der Waals surface area contributed by atoms with Crippen LogP contribution in [0.2, 0.25) is 0 Å². The third kappa shape index (κ3) is 7.92. The number of carbonyl (C=O) groups excluding carboxylic acids is 3. The maximum atomic E-state index is 11.9. The summed E-state index contributed by atoms with van der Waals surface area (Å²) < 4.78 is 17.3. The molecule has 1 unspecified atom stereocenters. The molecule has 6 nitrogen and oxygen atoms in total. The summed E-state index contributed by atoms with van der Waals surface area (Å²) in [5, 5.41) is 0. The van der Waals surface area contributed by atoms with Crippen molar-refractivity contribution in [2.45, 2.75) is 36.9 Å². The molecular formula is C34H31BrO6. The molecule has 4 aromatic carbocycles. The molecule has 0 saturated heterocycles. The first-order valence-corrected chi connectivity index (χ1v) is 14.2. The van der Waals surface area contributed by atoms with Gasteiger partial charge in [0.2, 0.25) is 0 Å². The first kappa shape index (κ1) is 29.7. The zero-order valence-electron chi connectivity index (χ0n) is 22.9. The summed E-state index contributed by atoms with van der Waals surface area (Å²) in [6, 6.07) is 29.8. The Morgan fingerprint density at radius 1 is 0.707 bits per heavy atom. The molecule has 4 aromatic rings.